The summed E-state index contributed by atoms with van der Waals surface area (Å²) in [4.78, 5) is 18.6. The van der Waals surface area contributed by atoms with Gasteiger partial charge in [0.2, 0.25) is 10.0 Å². The lowest BCUT2D eigenvalue weighted by atomic mass is 10.2. The molecular weight excluding hydrogens is 480 g/mol. The Hall–Kier alpha value is -1.68. The van der Waals surface area contributed by atoms with Gasteiger partial charge in [-0.15, -0.1) is 0 Å². The molecule has 10 heteroatoms. The predicted octanol–water partition coefficient (Wildman–Crippen LogP) is 2.77. The van der Waals surface area contributed by atoms with Crippen LogP contribution in [0.4, 0.5) is 5.82 Å². The average molecular weight is 502 g/mol. The molecule has 1 saturated heterocycles. The van der Waals surface area contributed by atoms with Crippen molar-refractivity contribution in [3.05, 3.63) is 57.7 Å². The van der Waals surface area contributed by atoms with Crippen molar-refractivity contribution in [2.75, 3.05) is 43.4 Å². The molecule has 0 atom stereocenters. The number of carbonyl (C=O) groups is 1. The Morgan fingerprint density at radius 3 is 2.62 bits per heavy atom. The number of piperazine rings is 1. The maximum atomic E-state index is 12.6. The quantitative estimate of drug-likeness (QED) is 0.590. The zero-order valence-corrected chi connectivity index (χ0v) is 18.9. The van der Waals surface area contributed by atoms with Gasteiger partial charge in [0.05, 0.1) is 16.3 Å². The number of hydrogen-bond acceptors (Lipinski definition) is 5. The number of rotatable bonds is 7. The van der Waals surface area contributed by atoms with Crippen molar-refractivity contribution in [3.8, 4) is 0 Å². The van der Waals surface area contributed by atoms with Gasteiger partial charge >= 0.3 is 0 Å². The van der Waals surface area contributed by atoms with Crippen LogP contribution in [-0.2, 0) is 10.0 Å². The van der Waals surface area contributed by atoms with Gasteiger partial charge in [0.15, 0.2) is 0 Å². The molecule has 0 unspecified atom stereocenters. The highest BCUT2D eigenvalue weighted by atomic mass is 79.9. The molecule has 2 heterocycles. The molecule has 0 spiro atoms. The van der Waals surface area contributed by atoms with Crippen LogP contribution in [0.2, 0.25) is 5.02 Å². The summed E-state index contributed by atoms with van der Waals surface area (Å²) in [7, 11) is -3.37. The Labute approximate surface area is 184 Å². The molecule has 1 aliphatic rings. The van der Waals surface area contributed by atoms with Gasteiger partial charge in [0.25, 0.3) is 5.91 Å². The number of nitrogens with one attached hydrogen (secondary N) is 1. The van der Waals surface area contributed by atoms with Gasteiger partial charge < -0.3 is 10.2 Å². The second-order valence-corrected chi connectivity index (χ2v) is 10.0. The van der Waals surface area contributed by atoms with Crippen molar-refractivity contribution in [3.63, 3.8) is 0 Å². The zero-order chi connectivity index (χ0) is 20.9. The number of sulfonamides is 1. The van der Waals surface area contributed by atoms with E-state index >= 15 is 0 Å². The van der Waals surface area contributed by atoms with Crippen LogP contribution in [0, 0.1) is 0 Å². The minimum absolute atomic E-state index is 0.0108. The lowest BCUT2D eigenvalue weighted by Crippen LogP contribution is -2.49. The number of amides is 1. The molecule has 1 aliphatic heterocycles. The van der Waals surface area contributed by atoms with E-state index in [9.17, 15) is 13.2 Å². The third-order valence-corrected chi connectivity index (χ3v) is 7.42. The van der Waals surface area contributed by atoms with E-state index in [-0.39, 0.29) is 18.2 Å². The summed E-state index contributed by atoms with van der Waals surface area (Å²) in [6, 6.07) is 10.7. The smallest absolute Gasteiger partial charge is 0.252 e. The van der Waals surface area contributed by atoms with Crippen LogP contribution < -0.4 is 10.2 Å². The fraction of sp³-hybridized carbons (Fsp3) is 0.368. The van der Waals surface area contributed by atoms with E-state index in [2.05, 4.69) is 31.1 Å². The van der Waals surface area contributed by atoms with Gasteiger partial charge in [-0.3, -0.25) is 4.79 Å². The molecule has 1 N–H and O–H groups in total. The van der Waals surface area contributed by atoms with Gasteiger partial charge in [-0.05, 0) is 36.8 Å². The molecule has 1 amide bonds. The Morgan fingerprint density at radius 1 is 1.17 bits per heavy atom. The van der Waals surface area contributed by atoms with Crippen molar-refractivity contribution in [1.82, 2.24) is 14.6 Å². The molecule has 1 aromatic heterocycles. The molecule has 1 fully saturated rings. The third-order valence-electron chi connectivity index (χ3n) is 4.64. The van der Waals surface area contributed by atoms with Gasteiger partial charge in [0.1, 0.15) is 5.82 Å². The first-order valence-corrected chi connectivity index (χ1v) is 12.0. The molecule has 29 heavy (non-hydrogen) atoms. The topological polar surface area (TPSA) is 82.6 Å². The number of hydrogen-bond donors (Lipinski definition) is 1. The van der Waals surface area contributed by atoms with E-state index in [1.54, 1.807) is 24.4 Å². The fourth-order valence-corrected chi connectivity index (χ4v) is 5.14. The summed E-state index contributed by atoms with van der Waals surface area (Å²) in [5.74, 6) is 0.527. The number of carbonyl (C=O) groups excluding carboxylic acids is 1. The average Bonchev–Trinajstić information content (AvgIpc) is 2.73. The third kappa shape index (κ3) is 5.91. The molecule has 0 bridgehead atoms. The summed E-state index contributed by atoms with van der Waals surface area (Å²) < 4.78 is 27.5. The molecule has 2 aromatic rings. The van der Waals surface area contributed by atoms with Crippen molar-refractivity contribution in [1.29, 1.82) is 0 Å². The van der Waals surface area contributed by atoms with Gasteiger partial charge in [-0.25, -0.2) is 13.4 Å². The lowest BCUT2D eigenvalue weighted by Gasteiger charge is -2.34. The number of aromatic nitrogens is 1. The first-order chi connectivity index (χ1) is 13.9. The number of anilines is 1. The van der Waals surface area contributed by atoms with E-state index in [0.29, 0.717) is 43.2 Å². The number of halogens is 2. The summed E-state index contributed by atoms with van der Waals surface area (Å²) in [5.41, 5.74) is 0.356. The summed E-state index contributed by atoms with van der Waals surface area (Å²) >= 11 is 9.35. The van der Waals surface area contributed by atoms with Crippen LogP contribution in [0.5, 0.6) is 0 Å². The zero-order valence-electron chi connectivity index (χ0n) is 15.7. The molecular formula is C19H22BrClN4O3S. The van der Waals surface area contributed by atoms with Crippen LogP contribution >= 0.6 is 27.5 Å². The van der Waals surface area contributed by atoms with Crippen molar-refractivity contribution in [2.45, 2.75) is 6.42 Å². The SMILES string of the molecule is O=C(NCCCS(=O)(=O)N1CCN(c2ccccn2)CC1)c1cc(Br)ccc1Cl. The second kappa shape index (κ2) is 9.88. The van der Waals surface area contributed by atoms with Crippen LogP contribution in [0.15, 0.2) is 47.1 Å². The Balaban J connectivity index is 1.44. The van der Waals surface area contributed by atoms with Crippen molar-refractivity contribution >= 4 is 49.3 Å². The van der Waals surface area contributed by atoms with E-state index in [0.717, 1.165) is 10.3 Å². The fourth-order valence-electron chi connectivity index (χ4n) is 3.09. The highest BCUT2D eigenvalue weighted by Crippen LogP contribution is 2.21. The normalized spacial score (nSPS) is 15.3. The van der Waals surface area contributed by atoms with E-state index in [4.69, 9.17) is 11.6 Å². The minimum atomic E-state index is -3.37. The second-order valence-electron chi connectivity index (χ2n) is 6.62. The van der Waals surface area contributed by atoms with Gasteiger partial charge in [-0.1, -0.05) is 33.6 Å². The monoisotopic (exact) mass is 500 g/mol. The molecule has 0 saturated carbocycles. The highest BCUT2D eigenvalue weighted by Gasteiger charge is 2.27. The molecule has 0 aliphatic carbocycles. The van der Waals surface area contributed by atoms with Crippen LogP contribution in [0.1, 0.15) is 16.8 Å². The molecule has 1 aromatic carbocycles. The predicted molar refractivity (Wildman–Crippen MR) is 118 cm³/mol. The van der Waals surface area contributed by atoms with E-state index in [1.165, 1.54) is 4.31 Å². The number of pyridine rings is 1. The molecule has 0 radical (unpaired) electrons. The van der Waals surface area contributed by atoms with Crippen LogP contribution in [-0.4, -0.2) is 62.1 Å². The maximum absolute atomic E-state index is 12.6. The lowest BCUT2D eigenvalue weighted by molar-refractivity contribution is 0.0953. The van der Waals surface area contributed by atoms with Crippen molar-refractivity contribution < 1.29 is 13.2 Å². The van der Waals surface area contributed by atoms with Crippen LogP contribution in [0.3, 0.4) is 0 Å². The van der Waals surface area contributed by atoms with E-state index < -0.39 is 10.0 Å². The molecule has 7 nitrogen and oxygen atoms in total. The summed E-state index contributed by atoms with van der Waals surface area (Å²) in [6.45, 7) is 2.33. The van der Waals surface area contributed by atoms with Crippen LogP contribution in [0.25, 0.3) is 0 Å². The Morgan fingerprint density at radius 2 is 1.93 bits per heavy atom. The molecule has 3 rings (SSSR count). The first kappa shape index (κ1) is 22.0. The van der Waals surface area contributed by atoms with Gasteiger partial charge in [0, 0.05) is 43.4 Å². The number of benzene rings is 1. The highest BCUT2D eigenvalue weighted by molar-refractivity contribution is 9.10. The standard InChI is InChI=1S/C19H22BrClN4O3S/c20-15-5-6-17(21)16(14-15)19(26)23-8-3-13-29(27,28)25-11-9-24(10-12-25)18-4-1-2-7-22-18/h1-2,4-7,14H,3,8-13H2,(H,23,26). The Bertz CT molecular complexity index is 951. The van der Waals surface area contributed by atoms with Crippen molar-refractivity contribution in [2.24, 2.45) is 0 Å². The minimum Gasteiger partial charge on any atom is -0.354 e. The Kier molecular flexibility index (Phi) is 7.50. The maximum Gasteiger partial charge on any atom is 0.252 e. The summed E-state index contributed by atoms with van der Waals surface area (Å²) in [6.07, 6.45) is 2.06. The largest absolute Gasteiger partial charge is 0.354 e. The van der Waals surface area contributed by atoms with Gasteiger partial charge in [-0.2, -0.15) is 4.31 Å². The number of nitrogens with zero attached hydrogens (tertiary/aromatic N) is 3. The first-order valence-electron chi connectivity index (χ1n) is 9.24. The summed E-state index contributed by atoms with van der Waals surface area (Å²) in [5, 5.41) is 3.08. The van der Waals surface area contributed by atoms with E-state index in [1.807, 2.05) is 18.2 Å². The molecule has 156 valence electrons.